The van der Waals surface area contributed by atoms with Crippen molar-refractivity contribution >= 4 is 11.7 Å². The number of rotatable bonds is 3. The Kier molecular flexibility index (Phi) is 2.92. The highest BCUT2D eigenvalue weighted by molar-refractivity contribution is 5.89. The van der Waals surface area contributed by atoms with Gasteiger partial charge in [-0.3, -0.25) is 0 Å². The van der Waals surface area contributed by atoms with Crippen molar-refractivity contribution in [3.63, 3.8) is 0 Å². The van der Waals surface area contributed by atoms with Gasteiger partial charge in [-0.15, -0.1) is 0 Å². The lowest BCUT2D eigenvalue weighted by Gasteiger charge is -2.05. The molecular weight excluding hydrogens is 184 g/mol. The van der Waals surface area contributed by atoms with Gasteiger partial charge in [-0.1, -0.05) is 0 Å². The molecular formula is C9H8N2O3. The molecule has 3 N–H and O–H groups in total. The molecule has 0 aliphatic rings. The van der Waals surface area contributed by atoms with E-state index in [1.54, 1.807) is 6.07 Å². The zero-order valence-electron chi connectivity index (χ0n) is 7.23. The third-order valence-corrected chi connectivity index (χ3v) is 1.55. The predicted molar refractivity (Wildman–Crippen MR) is 48.9 cm³/mol. The van der Waals surface area contributed by atoms with Gasteiger partial charge in [-0.05, 0) is 18.2 Å². The average Bonchev–Trinajstić information content (AvgIpc) is 2.16. The molecule has 1 aromatic carbocycles. The minimum Gasteiger partial charge on any atom is -0.478 e. The number of carbonyl (C=O) groups is 1. The zero-order valence-corrected chi connectivity index (χ0v) is 7.23. The van der Waals surface area contributed by atoms with Gasteiger partial charge >= 0.3 is 5.97 Å². The van der Waals surface area contributed by atoms with Gasteiger partial charge < -0.3 is 15.6 Å². The van der Waals surface area contributed by atoms with E-state index in [1.165, 1.54) is 18.2 Å². The smallest absolute Gasteiger partial charge is 0.335 e. The number of ether oxygens (including phenoxy) is 1. The molecule has 5 nitrogen and oxygen atoms in total. The minimum atomic E-state index is -1.06. The third-order valence-electron chi connectivity index (χ3n) is 1.55. The number of hydrogen-bond donors (Lipinski definition) is 2. The van der Waals surface area contributed by atoms with Crippen molar-refractivity contribution < 1.29 is 14.6 Å². The molecule has 5 heteroatoms. The van der Waals surface area contributed by atoms with E-state index in [-0.39, 0.29) is 17.9 Å². The van der Waals surface area contributed by atoms with E-state index in [0.29, 0.717) is 5.69 Å². The number of nitriles is 1. The summed E-state index contributed by atoms with van der Waals surface area (Å²) in [6.07, 6.45) is 0. The fourth-order valence-corrected chi connectivity index (χ4v) is 0.902. The summed E-state index contributed by atoms with van der Waals surface area (Å²) >= 11 is 0. The first-order chi connectivity index (χ1) is 6.65. The van der Waals surface area contributed by atoms with Crippen LogP contribution in [0.3, 0.4) is 0 Å². The molecule has 1 rings (SSSR count). The van der Waals surface area contributed by atoms with Crippen LogP contribution < -0.4 is 10.5 Å². The number of nitrogen functional groups attached to an aromatic ring is 1. The molecule has 0 radical (unpaired) electrons. The number of carboxylic acids is 1. The number of anilines is 1. The van der Waals surface area contributed by atoms with Crippen LogP contribution in [-0.4, -0.2) is 17.7 Å². The van der Waals surface area contributed by atoms with E-state index >= 15 is 0 Å². The van der Waals surface area contributed by atoms with Crippen LogP contribution in [0.5, 0.6) is 5.75 Å². The average molecular weight is 192 g/mol. The minimum absolute atomic E-state index is 0.0761. The van der Waals surface area contributed by atoms with Crippen molar-refractivity contribution in [3.05, 3.63) is 23.8 Å². The summed E-state index contributed by atoms with van der Waals surface area (Å²) in [5, 5.41) is 16.9. The third kappa shape index (κ3) is 2.14. The van der Waals surface area contributed by atoms with Crippen LogP contribution in [-0.2, 0) is 0 Å². The van der Waals surface area contributed by atoms with E-state index in [9.17, 15) is 4.79 Å². The van der Waals surface area contributed by atoms with Crippen molar-refractivity contribution in [2.24, 2.45) is 0 Å². The Morgan fingerprint density at radius 1 is 1.64 bits per heavy atom. The first-order valence-corrected chi connectivity index (χ1v) is 3.77. The molecule has 0 heterocycles. The summed E-state index contributed by atoms with van der Waals surface area (Å²) in [5.74, 6) is -0.849. The van der Waals surface area contributed by atoms with E-state index < -0.39 is 5.97 Å². The maximum absolute atomic E-state index is 10.6. The summed E-state index contributed by atoms with van der Waals surface area (Å²) in [5.41, 5.74) is 5.89. The van der Waals surface area contributed by atoms with Gasteiger partial charge in [0.15, 0.2) is 6.61 Å². The molecule has 0 atom stereocenters. The molecule has 0 unspecified atom stereocenters. The van der Waals surface area contributed by atoms with Crippen molar-refractivity contribution in [2.75, 3.05) is 12.3 Å². The summed E-state index contributed by atoms with van der Waals surface area (Å²) in [4.78, 5) is 10.6. The first-order valence-electron chi connectivity index (χ1n) is 3.77. The second-order valence-corrected chi connectivity index (χ2v) is 2.50. The normalized spacial score (nSPS) is 9.07. The number of carboxylic acid groups (broad SMARTS) is 1. The molecule has 72 valence electrons. The fourth-order valence-electron chi connectivity index (χ4n) is 0.902. The molecule has 0 bridgehead atoms. The van der Waals surface area contributed by atoms with Crippen molar-refractivity contribution in [1.29, 1.82) is 5.26 Å². The Morgan fingerprint density at radius 3 is 2.93 bits per heavy atom. The molecule has 0 saturated heterocycles. The summed E-state index contributed by atoms with van der Waals surface area (Å²) in [6.45, 7) is -0.159. The molecule has 14 heavy (non-hydrogen) atoms. The first kappa shape index (κ1) is 9.86. The van der Waals surface area contributed by atoms with E-state index in [4.69, 9.17) is 20.8 Å². The van der Waals surface area contributed by atoms with Gasteiger partial charge in [-0.2, -0.15) is 5.26 Å². The molecule has 0 amide bonds. The predicted octanol–water partition coefficient (Wildman–Crippen LogP) is 0.869. The van der Waals surface area contributed by atoms with Crippen LogP contribution in [0.4, 0.5) is 5.69 Å². The zero-order chi connectivity index (χ0) is 10.6. The highest BCUT2D eigenvalue weighted by atomic mass is 16.5. The topological polar surface area (TPSA) is 96.3 Å². The Hall–Kier alpha value is -2.22. The van der Waals surface area contributed by atoms with Gasteiger partial charge in [0.1, 0.15) is 11.8 Å². The molecule has 0 aromatic heterocycles. The Balaban J connectivity index is 2.97. The number of nitrogens with zero attached hydrogens (tertiary/aromatic N) is 1. The Morgan fingerprint density at radius 2 is 2.36 bits per heavy atom. The number of aromatic carboxylic acids is 1. The van der Waals surface area contributed by atoms with Crippen LogP contribution in [0.25, 0.3) is 0 Å². The number of nitrogens with two attached hydrogens (primary N) is 1. The van der Waals surface area contributed by atoms with Gasteiger partial charge in [0, 0.05) is 0 Å². The van der Waals surface area contributed by atoms with Crippen LogP contribution in [0, 0.1) is 11.3 Å². The second kappa shape index (κ2) is 4.14. The largest absolute Gasteiger partial charge is 0.478 e. The highest BCUT2D eigenvalue weighted by Crippen LogP contribution is 2.22. The van der Waals surface area contributed by atoms with Crippen LogP contribution >= 0.6 is 0 Å². The monoisotopic (exact) mass is 192 g/mol. The van der Waals surface area contributed by atoms with Crippen molar-refractivity contribution in [2.45, 2.75) is 0 Å². The quantitative estimate of drug-likeness (QED) is 0.692. The molecule has 0 fully saturated rings. The van der Waals surface area contributed by atoms with E-state index in [1.807, 2.05) is 0 Å². The highest BCUT2D eigenvalue weighted by Gasteiger charge is 2.06. The van der Waals surface area contributed by atoms with Gasteiger partial charge in [0.2, 0.25) is 0 Å². The van der Waals surface area contributed by atoms with Gasteiger partial charge in [-0.25, -0.2) is 4.79 Å². The Labute approximate surface area is 80.3 Å². The molecule has 0 spiro atoms. The SMILES string of the molecule is N#CCOc1cc(C(=O)O)ccc1N. The van der Waals surface area contributed by atoms with Gasteiger partial charge in [0.25, 0.3) is 0 Å². The van der Waals surface area contributed by atoms with Crippen molar-refractivity contribution in [3.8, 4) is 11.8 Å². The molecule has 0 saturated carbocycles. The molecule has 1 aromatic rings. The Bertz CT molecular complexity index is 396. The van der Waals surface area contributed by atoms with Crippen LogP contribution in [0.15, 0.2) is 18.2 Å². The molecule has 0 aliphatic carbocycles. The maximum Gasteiger partial charge on any atom is 0.335 e. The lowest BCUT2D eigenvalue weighted by atomic mass is 10.2. The standard InChI is InChI=1S/C9H8N2O3/c10-3-4-14-8-5-6(9(12)13)1-2-7(8)11/h1-2,5H,4,11H2,(H,12,13). The summed E-state index contributed by atoms with van der Waals surface area (Å²) in [6, 6.07) is 5.85. The second-order valence-electron chi connectivity index (χ2n) is 2.50. The lowest BCUT2D eigenvalue weighted by Crippen LogP contribution is -2.02. The van der Waals surface area contributed by atoms with Crippen molar-refractivity contribution in [1.82, 2.24) is 0 Å². The molecule has 0 aliphatic heterocycles. The fraction of sp³-hybridized carbons (Fsp3) is 0.111. The van der Waals surface area contributed by atoms with Crippen LogP contribution in [0.2, 0.25) is 0 Å². The summed E-state index contributed by atoms with van der Waals surface area (Å²) < 4.78 is 4.93. The number of benzene rings is 1. The maximum atomic E-state index is 10.6. The van der Waals surface area contributed by atoms with E-state index in [0.717, 1.165) is 0 Å². The number of hydrogen-bond acceptors (Lipinski definition) is 4. The lowest BCUT2D eigenvalue weighted by molar-refractivity contribution is 0.0696. The van der Waals surface area contributed by atoms with E-state index in [2.05, 4.69) is 0 Å². The summed E-state index contributed by atoms with van der Waals surface area (Å²) in [7, 11) is 0. The van der Waals surface area contributed by atoms with Crippen LogP contribution in [0.1, 0.15) is 10.4 Å². The van der Waals surface area contributed by atoms with Gasteiger partial charge in [0.05, 0.1) is 11.3 Å².